The Morgan fingerprint density at radius 3 is 2.55 bits per heavy atom. The van der Waals surface area contributed by atoms with Crippen molar-refractivity contribution in [3.05, 3.63) is 86.2 Å². The van der Waals surface area contributed by atoms with Gasteiger partial charge in [-0.1, -0.05) is 41.7 Å². The van der Waals surface area contributed by atoms with Gasteiger partial charge in [0.15, 0.2) is 0 Å². The second-order valence-electron chi connectivity index (χ2n) is 6.61. The van der Waals surface area contributed by atoms with E-state index < -0.39 is 0 Å². The Bertz CT molecular complexity index is 1140. The fraction of sp³-hybridized carbons (Fsp3) is 0.182. The molecule has 0 aliphatic heterocycles. The molecule has 6 nitrogen and oxygen atoms in total. The van der Waals surface area contributed by atoms with E-state index in [2.05, 4.69) is 9.97 Å². The van der Waals surface area contributed by atoms with Gasteiger partial charge in [-0.3, -0.25) is 9.78 Å². The molecular weight excluding hydrogens is 388 g/mol. The SMILES string of the molecule is Cc1oc(-c2ccccc2)nc1COc1ccc(CCc2sc(=O)[nH]c2O)cc1. The van der Waals surface area contributed by atoms with Gasteiger partial charge >= 0.3 is 4.87 Å². The van der Waals surface area contributed by atoms with Crippen molar-refractivity contribution < 1.29 is 14.3 Å². The van der Waals surface area contributed by atoms with E-state index in [1.807, 2.05) is 61.5 Å². The lowest BCUT2D eigenvalue weighted by Gasteiger charge is -2.06. The van der Waals surface area contributed by atoms with Crippen LogP contribution < -0.4 is 9.61 Å². The highest BCUT2D eigenvalue weighted by molar-refractivity contribution is 7.09. The number of oxazole rings is 1. The molecule has 0 saturated heterocycles. The molecule has 0 radical (unpaired) electrons. The van der Waals surface area contributed by atoms with Crippen molar-refractivity contribution in [2.24, 2.45) is 0 Å². The molecule has 0 aliphatic rings. The summed E-state index contributed by atoms with van der Waals surface area (Å²) in [4.78, 5) is 18.6. The van der Waals surface area contributed by atoms with Crippen LogP contribution in [0.5, 0.6) is 11.6 Å². The van der Waals surface area contributed by atoms with Crippen LogP contribution in [0.3, 0.4) is 0 Å². The minimum Gasteiger partial charge on any atom is -0.494 e. The number of hydrogen-bond donors (Lipinski definition) is 2. The zero-order valence-corrected chi connectivity index (χ0v) is 16.7. The number of nitrogens with zero attached hydrogens (tertiary/aromatic N) is 1. The monoisotopic (exact) mass is 408 g/mol. The van der Waals surface area contributed by atoms with Gasteiger partial charge in [0.2, 0.25) is 11.8 Å². The number of hydrogen-bond acceptors (Lipinski definition) is 6. The van der Waals surface area contributed by atoms with Gasteiger partial charge in [-0.05, 0) is 49.6 Å². The summed E-state index contributed by atoms with van der Waals surface area (Å²) >= 11 is 1.04. The predicted molar refractivity (Wildman–Crippen MR) is 111 cm³/mol. The molecule has 2 N–H and O–H groups in total. The van der Waals surface area contributed by atoms with Crippen molar-refractivity contribution in [2.75, 3.05) is 0 Å². The van der Waals surface area contributed by atoms with Crippen molar-refractivity contribution in [3.63, 3.8) is 0 Å². The van der Waals surface area contributed by atoms with Crippen LogP contribution in [0, 0.1) is 6.92 Å². The van der Waals surface area contributed by atoms with Gasteiger partial charge in [0.05, 0.1) is 4.88 Å². The van der Waals surface area contributed by atoms with Gasteiger partial charge in [-0.2, -0.15) is 0 Å². The van der Waals surface area contributed by atoms with E-state index in [0.717, 1.165) is 46.1 Å². The van der Waals surface area contributed by atoms with Crippen LogP contribution in [-0.2, 0) is 19.4 Å². The van der Waals surface area contributed by atoms with Crippen molar-refractivity contribution >= 4 is 11.3 Å². The first-order chi connectivity index (χ1) is 14.1. The molecule has 7 heteroatoms. The number of aryl methyl sites for hydroxylation is 3. The molecule has 2 aromatic carbocycles. The highest BCUT2D eigenvalue weighted by atomic mass is 32.1. The summed E-state index contributed by atoms with van der Waals surface area (Å²) in [5, 5.41) is 9.65. The molecule has 0 atom stereocenters. The normalized spacial score (nSPS) is 10.9. The number of aromatic amines is 1. The van der Waals surface area contributed by atoms with E-state index in [-0.39, 0.29) is 10.8 Å². The third-order valence-electron chi connectivity index (χ3n) is 4.55. The van der Waals surface area contributed by atoms with E-state index in [0.29, 0.717) is 23.8 Å². The van der Waals surface area contributed by atoms with Crippen LogP contribution in [-0.4, -0.2) is 15.1 Å². The molecule has 2 aromatic heterocycles. The van der Waals surface area contributed by atoms with Crippen molar-refractivity contribution in [1.82, 2.24) is 9.97 Å². The van der Waals surface area contributed by atoms with Crippen LogP contribution in [0.15, 0.2) is 63.8 Å². The molecule has 2 heterocycles. The summed E-state index contributed by atoms with van der Waals surface area (Å²) in [6.45, 7) is 2.21. The van der Waals surface area contributed by atoms with Crippen LogP contribution in [0.2, 0.25) is 0 Å². The molecule has 0 spiro atoms. The summed E-state index contributed by atoms with van der Waals surface area (Å²) in [6, 6.07) is 17.5. The van der Waals surface area contributed by atoms with Crippen molar-refractivity contribution in [1.29, 1.82) is 0 Å². The third kappa shape index (κ3) is 4.57. The minimum atomic E-state index is -0.236. The van der Waals surface area contributed by atoms with Gasteiger partial charge in [0, 0.05) is 5.56 Å². The number of ether oxygens (including phenoxy) is 1. The van der Waals surface area contributed by atoms with Crippen LogP contribution in [0.1, 0.15) is 21.9 Å². The molecule has 0 aliphatic carbocycles. The van der Waals surface area contributed by atoms with Crippen molar-refractivity contribution in [2.45, 2.75) is 26.4 Å². The second kappa shape index (κ2) is 8.36. The average Bonchev–Trinajstić information content (AvgIpc) is 3.27. The first kappa shape index (κ1) is 19.0. The first-order valence-electron chi connectivity index (χ1n) is 9.23. The summed E-state index contributed by atoms with van der Waals surface area (Å²) in [5.41, 5.74) is 2.80. The van der Waals surface area contributed by atoms with E-state index in [9.17, 15) is 9.90 Å². The van der Waals surface area contributed by atoms with Gasteiger partial charge in [-0.25, -0.2) is 4.98 Å². The minimum absolute atomic E-state index is 0.0298. The van der Waals surface area contributed by atoms with Crippen LogP contribution >= 0.6 is 11.3 Å². The molecule has 148 valence electrons. The molecule has 0 bridgehead atoms. The number of benzene rings is 2. The fourth-order valence-electron chi connectivity index (χ4n) is 2.95. The summed E-state index contributed by atoms with van der Waals surface area (Å²) in [6.07, 6.45) is 1.33. The van der Waals surface area contributed by atoms with E-state index >= 15 is 0 Å². The van der Waals surface area contributed by atoms with E-state index in [4.69, 9.17) is 9.15 Å². The number of aromatic hydroxyl groups is 1. The lowest BCUT2D eigenvalue weighted by atomic mass is 10.1. The Hall–Kier alpha value is -3.32. The topological polar surface area (TPSA) is 88.4 Å². The number of H-pyrrole nitrogens is 1. The van der Waals surface area contributed by atoms with Crippen LogP contribution in [0.25, 0.3) is 11.5 Å². The summed E-state index contributed by atoms with van der Waals surface area (Å²) < 4.78 is 11.6. The third-order valence-corrected chi connectivity index (χ3v) is 5.48. The van der Waals surface area contributed by atoms with Gasteiger partial charge in [-0.15, -0.1) is 0 Å². The molecular formula is C22H20N2O4S. The van der Waals surface area contributed by atoms with Gasteiger partial charge in [0.25, 0.3) is 0 Å². The Morgan fingerprint density at radius 2 is 1.86 bits per heavy atom. The molecule has 0 saturated carbocycles. The molecule has 0 fully saturated rings. The van der Waals surface area contributed by atoms with Crippen LogP contribution in [0.4, 0.5) is 0 Å². The fourth-order valence-corrected chi connectivity index (χ4v) is 3.67. The zero-order chi connectivity index (χ0) is 20.2. The number of rotatable bonds is 7. The second-order valence-corrected chi connectivity index (χ2v) is 7.67. The maximum absolute atomic E-state index is 11.2. The Kier molecular flexibility index (Phi) is 5.48. The van der Waals surface area contributed by atoms with E-state index in [1.165, 1.54) is 0 Å². The number of thiazole rings is 1. The zero-order valence-electron chi connectivity index (χ0n) is 15.8. The molecule has 0 amide bonds. The summed E-state index contributed by atoms with van der Waals surface area (Å²) in [5.74, 6) is 2.04. The number of nitrogens with one attached hydrogen (secondary N) is 1. The molecule has 4 rings (SSSR count). The van der Waals surface area contributed by atoms with E-state index in [1.54, 1.807) is 0 Å². The van der Waals surface area contributed by atoms with Gasteiger partial charge in [0.1, 0.15) is 23.8 Å². The lowest BCUT2D eigenvalue weighted by molar-refractivity contribution is 0.299. The maximum Gasteiger partial charge on any atom is 0.307 e. The lowest BCUT2D eigenvalue weighted by Crippen LogP contribution is -1.98. The summed E-state index contributed by atoms with van der Waals surface area (Å²) in [7, 11) is 0. The standard InChI is InChI=1S/C22H20N2O4S/c1-14-18(23-21(28-14)16-5-3-2-4-6-16)13-27-17-10-7-15(8-11-17)9-12-19-20(25)24-22(26)29-19/h2-8,10-11,25H,9,12-13H2,1H3,(H,24,26). The number of aromatic nitrogens is 2. The highest BCUT2D eigenvalue weighted by Crippen LogP contribution is 2.23. The molecule has 4 aromatic rings. The molecule has 0 unspecified atom stereocenters. The Morgan fingerprint density at radius 1 is 1.10 bits per heavy atom. The highest BCUT2D eigenvalue weighted by Gasteiger charge is 2.12. The largest absolute Gasteiger partial charge is 0.494 e. The van der Waals surface area contributed by atoms with Crippen molar-refractivity contribution in [3.8, 4) is 23.1 Å². The smallest absolute Gasteiger partial charge is 0.307 e. The average molecular weight is 408 g/mol. The molecule has 29 heavy (non-hydrogen) atoms. The Labute approximate surface area is 171 Å². The van der Waals surface area contributed by atoms with Gasteiger partial charge < -0.3 is 14.3 Å². The first-order valence-corrected chi connectivity index (χ1v) is 10.0. The maximum atomic E-state index is 11.2. The Balaban J connectivity index is 1.35. The predicted octanol–water partition coefficient (Wildman–Crippen LogP) is 4.47. The quantitative estimate of drug-likeness (QED) is 0.471.